The molecule has 0 aromatic heterocycles. The van der Waals surface area contributed by atoms with Gasteiger partial charge in [-0.25, -0.2) is 0 Å². The van der Waals surface area contributed by atoms with Crippen LogP contribution in [0.2, 0.25) is 0 Å². The van der Waals surface area contributed by atoms with Gasteiger partial charge in [0.2, 0.25) is 5.91 Å². The normalized spacial score (nSPS) is 19.5. The lowest BCUT2D eigenvalue weighted by atomic mass is 9.99. The Balaban J connectivity index is 2.17. The van der Waals surface area contributed by atoms with Crippen LogP contribution in [-0.2, 0) is 14.3 Å². The zero-order valence-corrected chi connectivity index (χ0v) is 46.9. The van der Waals surface area contributed by atoms with Gasteiger partial charge < -0.3 is 40.3 Å². The summed E-state index contributed by atoms with van der Waals surface area (Å²) in [5, 5.41) is 54.8. The average molecular weight is 1020 g/mol. The van der Waals surface area contributed by atoms with Gasteiger partial charge in [-0.15, -0.1) is 0 Å². The molecule has 0 radical (unpaired) electrons. The minimum Gasteiger partial charge on any atom is -0.394 e. The van der Waals surface area contributed by atoms with Crippen molar-refractivity contribution in [1.82, 2.24) is 5.32 Å². The summed E-state index contributed by atoms with van der Waals surface area (Å²) < 4.78 is 11.3. The zero-order chi connectivity index (χ0) is 52.2. The molecule has 9 heteroatoms. The minimum atomic E-state index is -1.56. The van der Waals surface area contributed by atoms with Crippen LogP contribution in [0.1, 0.15) is 290 Å². The molecule has 1 aliphatic heterocycles. The SMILES string of the molecule is CC/C=C\C/C=C\C/C=C\C/C=C\CCCCCCCCCCC(=O)NC(COC1OC(CO)C(O)C(O)C1O)C(O)CCCCCCCCCCCCCCCCCCCCCCCCCCCCCC. The van der Waals surface area contributed by atoms with Gasteiger partial charge in [0, 0.05) is 6.42 Å². The molecule has 0 spiro atoms. The van der Waals surface area contributed by atoms with Crippen LogP contribution in [-0.4, -0.2) is 87.5 Å². The molecule has 0 bridgehead atoms. The fourth-order valence-corrected chi connectivity index (χ4v) is 9.86. The molecule has 7 unspecified atom stereocenters. The summed E-state index contributed by atoms with van der Waals surface area (Å²) in [5.41, 5.74) is 0. The van der Waals surface area contributed by atoms with E-state index in [0.29, 0.717) is 12.8 Å². The van der Waals surface area contributed by atoms with Crippen molar-refractivity contribution in [1.29, 1.82) is 0 Å². The number of amides is 1. The highest BCUT2D eigenvalue weighted by molar-refractivity contribution is 5.76. The molecular formula is C63H117NO8. The van der Waals surface area contributed by atoms with Crippen molar-refractivity contribution in [2.24, 2.45) is 0 Å². The van der Waals surface area contributed by atoms with Crippen LogP contribution in [0.4, 0.5) is 0 Å². The number of allylic oxidation sites excluding steroid dienone is 8. The van der Waals surface area contributed by atoms with Crippen LogP contribution < -0.4 is 5.32 Å². The second-order valence-corrected chi connectivity index (χ2v) is 21.5. The monoisotopic (exact) mass is 1020 g/mol. The Hall–Kier alpha value is -1.85. The molecule has 0 aliphatic carbocycles. The Kier molecular flexibility index (Phi) is 49.8. The molecule has 1 amide bonds. The van der Waals surface area contributed by atoms with E-state index in [1.54, 1.807) is 0 Å². The first-order valence-corrected chi connectivity index (χ1v) is 30.8. The van der Waals surface area contributed by atoms with Gasteiger partial charge in [-0.2, -0.15) is 0 Å². The van der Waals surface area contributed by atoms with E-state index in [-0.39, 0.29) is 12.5 Å². The third-order valence-electron chi connectivity index (χ3n) is 14.7. The number of carbonyl (C=O) groups is 1. The van der Waals surface area contributed by atoms with Crippen LogP contribution in [0.3, 0.4) is 0 Å². The maximum Gasteiger partial charge on any atom is 0.220 e. The van der Waals surface area contributed by atoms with E-state index in [9.17, 15) is 30.3 Å². The smallest absolute Gasteiger partial charge is 0.220 e. The van der Waals surface area contributed by atoms with E-state index in [2.05, 4.69) is 67.8 Å². The maximum atomic E-state index is 13.1. The van der Waals surface area contributed by atoms with Crippen molar-refractivity contribution >= 4 is 5.91 Å². The molecule has 1 rings (SSSR count). The van der Waals surface area contributed by atoms with E-state index in [1.807, 2.05) is 0 Å². The standard InChI is InChI=1S/C63H117NO8/c1-3-5-7-9-11-13-15-17-19-21-23-25-26-27-28-29-30-31-33-34-36-38-40-42-44-46-48-50-52-57(66)56(55-71-63-62(70)61(69)60(68)58(54-65)72-63)64-59(67)53-51-49-47-45-43-41-39-37-35-32-24-22-20-18-16-14-12-10-8-6-4-2/h6,8,12,14,18,20,24,32,56-58,60-63,65-66,68-70H,3-5,7,9-11,13,15-17,19,21-23,25-31,33-55H2,1-2H3,(H,64,67)/b8-6-,14-12-,20-18-,32-24-. The second kappa shape index (κ2) is 52.6. The lowest BCUT2D eigenvalue weighted by Gasteiger charge is -2.40. The molecule has 7 atom stereocenters. The molecule has 422 valence electrons. The Bertz CT molecular complexity index is 1270. The Morgan fingerprint density at radius 3 is 1.28 bits per heavy atom. The van der Waals surface area contributed by atoms with Gasteiger partial charge in [0.15, 0.2) is 6.29 Å². The van der Waals surface area contributed by atoms with Crippen molar-refractivity contribution in [3.8, 4) is 0 Å². The largest absolute Gasteiger partial charge is 0.394 e. The quantitative estimate of drug-likeness (QED) is 0.0261. The fraction of sp³-hybridized carbons (Fsp3) is 0.857. The van der Waals surface area contributed by atoms with Gasteiger partial charge in [-0.3, -0.25) is 4.79 Å². The van der Waals surface area contributed by atoms with Crippen LogP contribution in [0.25, 0.3) is 0 Å². The molecule has 72 heavy (non-hydrogen) atoms. The highest BCUT2D eigenvalue weighted by Crippen LogP contribution is 2.23. The number of aliphatic hydroxyl groups excluding tert-OH is 5. The summed E-state index contributed by atoms with van der Waals surface area (Å²) >= 11 is 0. The van der Waals surface area contributed by atoms with Gasteiger partial charge in [-0.05, 0) is 51.4 Å². The molecular weight excluding hydrogens is 899 g/mol. The summed E-state index contributed by atoms with van der Waals surface area (Å²) in [6.45, 7) is 3.75. The van der Waals surface area contributed by atoms with Crippen LogP contribution in [0.15, 0.2) is 48.6 Å². The first kappa shape index (κ1) is 68.2. The summed E-state index contributed by atoms with van der Waals surface area (Å²) in [7, 11) is 0. The lowest BCUT2D eigenvalue weighted by Crippen LogP contribution is -2.60. The van der Waals surface area contributed by atoms with E-state index in [0.717, 1.165) is 70.6 Å². The maximum absolute atomic E-state index is 13.1. The number of unbranched alkanes of at least 4 members (excludes halogenated alkanes) is 35. The number of nitrogens with one attached hydrogen (secondary N) is 1. The predicted molar refractivity (Wildman–Crippen MR) is 304 cm³/mol. The number of hydrogen-bond acceptors (Lipinski definition) is 8. The van der Waals surface area contributed by atoms with Crippen molar-refractivity contribution in [2.45, 2.75) is 333 Å². The van der Waals surface area contributed by atoms with Gasteiger partial charge in [-0.1, -0.05) is 281 Å². The molecule has 1 saturated heterocycles. The van der Waals surface area contributed by atoms with Gasteiger partial charge >= 0.3 is 0 Å². The van der Waals surface area contributed by atoms with Crippen LogP contribution in [0, 0.1) is 0 Å². The molecule has 9 nitrogen and oxygen atoms in total. The lowest BCUT2D eigenvalue weighted by molar-refractivity contribution is -0.302. The second-order valence-electron chi connectivity index (χ2n) is 21.5. The molecule has 1 aliphatic rings. The zero-order valence-electron chi connectivity index (χ0n) is 46.9. The molecule has 0 aromatic rings. The first-order chi connectivity index (χ1) is 35.3. The summed E-state index contributed by atoms with van der Waals surface area (Å²) in [4.78, 5) is 13.1. The topological polar surface area (TPSA) is 149 Å². The molecule has 6 N–H and O–H groups in total. The van der Waals surface area contributed by atoms with Crippen LogP contribution >= 0.6 is 0 Å². The number of hydrogen-bond donors (Lipinski definition) is 6. The van der Waals surface area contributed by atoms with Gasteiger partial charge in [0.1, 0.15) is 24.4 Å². The number of rotatable bonds is 53. The van der Waals surface area contributed by atoms with Crippen molar-refractivity contribution in [2.75, 3.05) is 13.2 Å². The molecule has 1 heterocycles. The number of carbonyl (C=O) groups excluding carboxylic acids is 1. The third-order valence-corrected chi connectivity index (χ3v) is 14.7. The fourth-order valence-electron chi connectivity index (χ4n) is 9.86. The van der Waals surface area contributed by atoms with Crippen molar-refractivity contribution in [3.05, 3.63) is 48.6 Å². The molecule has 1 fully saturated rings. The summed E-state index contributed by atoms with van der Waals surface area (Å²) in [6, 6.07) is -0.726. The molecule has 0 aromatic carbocycles. The number of aliphatic hydroxyl groups is 5. The van der Waals surface area contributed by atoms with E-state index in [1.165, 1.54) is 193 Å². The Labute approximate surface area is 444 Å². The molecule has 0 saturated carbocycles. The van der Waals surface area contributed by atoms with Gasteiger partial charge in [0.25, 0.3) is 0 Å². The van der Waals surface area contributed by atoms with Crippen molar-refractivity contribution in [3.63, 3.8) is 0 Å². The van der Waals surface area contributed by atoms with Crippen molar-refractivity contribution < 1.29 is 39.8 Å². The highest BCUT2D eigenvalue weighted by Gasteiger charge is 2.44. The van der Waals surface area contributed by atoms with Crippen LogP contribution in [0.5, 0.6) is 0 Å². The minimum absolute atomic E-state index is 0.141. The third kappa shape index (κ3) is 41.4. The Morgan fingerprint density at radius 1 is 0.486 bits per heavy atom. The average Bonchev–Trinajstić information content (AvgIpc) is 3.38. The number of ether oxygens (including phenoxy) is 2. The summed E-state index contributed by atoms with van der Waals surface area (Å²) in [5.74, 6) is -0.150. The summed E-state index contributed by atoms with van der Waals surface area (Å²) in [6.07, 6.45) is 62.9. The Morgan fingerprint density at radius 2 is 0.861 bits per heavy atom. The highest BCUT2D eigenvalue weighted by atomic mass is 16.7. The van der Waals surface area contributed by atoms with E-state index >= 15 is 0 Å². The van der Waals surface area contributed by atoms with Gasteiger partial charge in [0.05, 0.1) is 25.4 Å². The van der Waals surface area contributed by atoms with E-state index in [4.69, 9.17) is 9.47 Å². The predicted octanol–water partition coefficient (Wildman–Crippen LogP) is 15.7. The van der Waals surface area contributed by atoms with E-state index < -0.39 is 49.5 Å². The first-order valence-electron chi connectivity index (χ1n) is 30.8.